The van der Waals surface area contributed by atoms with Crippen LogP contribution in [0.2, 0.25) is 20.4 Å². The Morgan fingerprint density at radius 2 is 1.53 bits per heavy atom. The minimum Gasteiger partial charge on any atom is -0.329 e. The van der Waals surface area contributed by atoms with Gasteiger partial charge in [0.2, 0.25) is 11.2 Å². The average Bonchev–Trinajstić information content (AvgIpc) is 3.18. The van der Waals surface area contributed by atoms with Crippen LogP contribution in [0.15, 0.2) is 54.6 Å². The van der Waals surface area contributed by atoms with Gasteiger partial charge >= 0.3 is 0 Å². The maximum absolute atomic E-state index is 13.0. The van der Waals surface area contributed by atoms with Gasteiger partial charge in [-0.1, -0.05) is 34.8 Å². The first kappa shape index (κ1) is 25.5. The molecule has 1 saturated carbocycles. The van der Waals surface area contributed by atoms with Gasteiger partial charge in [-0.05, 0) is 71.8 Å². The molecule has 4 aromatic rings. The summed E-state index contributed by atoms with van der Waals surface area (Å²) in [6, 6.07) is 14.6. The molecule has 2 atom stereocenters. The number of fused-ring (bicyclic) bond motifs is 1. The fourth-order valence-electron chi connectivity index (χ4n) is 4.07. The standard InChI is InChI=1S/C24H14Cl6N4O2/c25-11-5-10(6-12(26)7-11)19-20(24(19,29)30)22(36)32-13-1-3-16(27)15(8-13)21(35)31-14-2-4-17-18(9-14)34-23(28)33-17/h1-9,19-20H,(H,31,35)(H,32,36)(H,33,34)/t19-,20+/m0/s1. The molecule has 0 saturated heterocycles. The highest BCUT2D eigenvalue weighted by molar-refractivity contribution is 6.53. The normalized spacial score (nSPS) is 18.2. The number of nitrogens with one attached hydrogen (secondary N) is 3. The van der Waals surface area contributed by atoms with Gasteiger partial charge in [0, 0.05) is 27.3 Å². The fraction of sp³-hybridized carbons (Fsp3) is 0.125. The molecule has 0 bridgehead atoms. The third kappa shape index (κ3) is 4.99. The number of amides is 2. The Morgan fingerprint density at radius 1 is 0.861 bits per heavy atom. The maximum atomic E-state index is 13.0. The molecule has 36 heavy (non-hydrogen) atoms. The number of aromatic nitrogens is 2. The largest absolute Gasteiger partial charge is 0.329 e. The molecular formula is C24H14Cl6N4O2. The number of hydrogen-bond donors (Lipinski definition) is 3. The molecule has 12 heteroatoms. The highest BCUT2D eigenvalue weighted by Gasteiger charge is 2.67. The molecule has 0 unspecified atom stereocenters. The third-order valence-corrected chi connectivity index (χ3v) is 7.65. The van der Waals surface area contributed by atoms with E-state index in [4.69, 9.17) is 69.6 Å². The molecule has 3 N–H and O–H groups in total. The Morgan fingerprint density at radius 3 is 2.25 bits per heavy atom. The van der Waals surface area contributed by atoms with E-state index in [-0.39, 0.29) is 15.9 Å². The lowest BCUT2D eigenvalue weighted by molar-refractivity contribution is -0.117. The van der Waals surface area contributed by atoms with Crippen molar-refractivity contribution in [1.29, 1.82) is 0 Å². The van der Waals surface area contributed by atoms with E-state index in [9.17, 15) is 9.59 Å². The van der Waals surface area contributed by atoms with Crippen LogP contribution in [0, 0.1) is 5.92 Å². The molecule has 0 spiro atoms. The molecule has 1 aliphatic carbocycles. The van der Waals surface area contributed by atoms with Crippen molar-refractivity contribution in [2.75, 3.05) is 10.6 Å². The van der Waals surface area contributed by atoms with Crippen LogP contribution in [0.25, 0.3) is 11.0 Å². The number of carbonyl (C=O) groups excluding carboxylic acids is 2. The summed E-state index contributed by atoms with van der Waals surface area (Å²) in [4.78, 5) is 33.0. The Hall–Kier alpha value is -2.19. The van der Waals surface area contributed by atoms with Gasteiger partial charge in [-0.25, -0.2) is 4.98 Å². The number of halogens is 6. The van der Waals surface area contributed by atoms with Gasteiger partial charge in [0.05, 0.1) is 27.5 Å². The van der Waals surface area contributed by atoms with Gasteiger partial charge < -0.3 is 15.6 Å². The highest BCUT2D eigenvalue weighted by Crippen LogP contribution is 2.65. The van der Waals surface area contributed by atoms with Crippen LogP contribution in [0.5, 0.6) is 0 Å². The molecular weight excluding hydrogens is 589 g/mol. The van der Waals surface area contributed by atoms with Crippen LogP contribution < -0.4 is 10.6 Å². The number of imidazole rings is 1. The summed E-state index contributed by atoms with van der Waals surface area (Å²) >= 11 is 37.2. The lowest BCUT2D eigenvalue weighted by Crippen LogP contribution is -2.18. The number of anilines is 2. The number of rotatable bonds is 5. The van der Waals surface area contributed by atoms with Gasteiger partial charge in [-0.15, -0.1) is 23.2 Å². The quantitative estimate of drug-likeness (QED) is 0.203. The molecule has 6 nitrogen and oxygen atoms in total. The molecule has 5 rings (SSSR count). The Labute approximate surface area is 235 Å². The van der Waals surface area contributed by atoms with Crippen LogP contribution in [0.3, 0.4) is 0 Å². The topological polar surface area (TPSA) is 86.9 Å². The van der Waals surface area contributed by atoms with E-state index in [1.165, 1.54) is 12.1 Å². The van der Waals surface area contributed by atoms with Crippen molar-refractivity contribution in [2.45, 2.75) is 10.3 Å². The number of benzene rings is 3. The van der Waals surface area contributed by atoms with E-state index in [1.807, 2.05) is 0 Å². The second-order valence-electron chi connectivity index (χ2n) is 8.23. The van der Waals surface area contributed by atoms with Crippen molar-refractivity contribution in [3.05, 3.63) is 86.1 Å². The Bertz CT molecular complexity index is 1520. The molecule has 1 fully saturated rings. The smallest absolute Gasteiger partial charge is 0.257 e. The van der Waals surface area contributed by atoms with Crippen molar-refractivity contribution < 1.29 is 9.59 Å². The minimum absolute atomic E-state index is 0.161. The fourth-order valence-corrected chi connectivity index (χ4v) is 5.84. The molecule has 0 aliphatic heterocycles. The van der Waals surface area contributed by atoms with Crippen molar-refractivity contribution >= 4 is 104 Å². The number of nitrogens with zero attached hydrogens (tertiary/aromatic N) is 1. The van der Waals surface area contributed by atoms with Gasteiger partial charge in [0.15, 0.2) is 0 Å². The second-order valence-corrected chi connectivity index (χ2v) is 11.3. The maximum Gasteiger partial charge on any atom is 0.257 e. The van der Waals surface area contributed by atoms with Crippen LogP contribution in [0.1, 0.15) is 21.8 Å². The number of hydrogen-bond acceptors (Lipinski definition) is 3. The third-order valence-electron chi connectivity index (χ3n) is 5.77. The Kier molecular flexibility index (Phi) is 6.79. The minimum atomic E-state index is -1.33. The molecule has 1 heterocycles. The van der Waals surface area contributed by atoms with E-state index in [0.29, 0.717) is 38.0 Å². The number of alkyl halides is 2. The number of carbonyl (C=O) groups is 2. The SMILES string of the molecule is O=C(Nc1ccc2nc(Cl)[nH]c2c1)c1cc(NC(=O)[C@H]2[C@H](c3cc(Cl)cc(Cl)c3)C2(Cl)Cl)ccc1Cl. The predicted molar refractivity (Wildman–Crippen MR) is 146 cm³/mol. The lowest BCUT2D eigenvalue weighted by Gasteiger charge is -2.10. The molecule has 2 amide bonds. The summed E-state index contributed by atoms with van der Waals surface area (Å²) in [5.41, 5.74) is 3.00. The van der Waals surface area contributed by atoms with E-state index < -0.39 is 28.0 Å². The summed E-state index contributed by atoms with van der Waals surface area (Å²) in [6.07, 6.45) is 0. The number of aromatic amines is 1. The van der Waals surface area contributed by atoms with Gasteiger partial charge in [-0.2, -0.15) is 0 Å². The summed E-state index contributed by atoms with van der Waals surface area (Å²) in [7, 11) is 0. The predicted octanol–water partition coefficient (Wildman–Crippen LogP) is 7.95. The van der Waals surface area contributed by atoms with E-state index in [0.717, 1.165) is 0 Å². The number of H-pyrrole nitrogens is 1. The van der Waals surface area contributed by atoms with Gasteiger partial charge in [0.1, 0.15) is 4.33 Å². The lowest BCUT2D eigenvalue weighted by atomic mass is 10.1. The highest BCUT2D eigenvalue weighted by atomic mass is 35.5. The van der Waals surface area contributed by atoms with Crippen LogP contribution in [-0.2, 0) is 4.79 Å². The summed E-state index contributed by atoms with van der Waals surface area (Å²) in [5, 5.41) is 6.81. The summed E-state index contributed by atoms with van der Waals surface area (Å²) < 4.78 is -1.33. The zero-order chi connectivity index (χ0) is 25.8. The summed E-state index contributed by atoms with van der Waals surface area (Å²) in [6.45, 7) is 0. The van der Waals surface area contributed by atoms with Crippen molar-refractivity contribution in [1.82, 2.24) is 9.97 Å². The van der Waals surface area contributed by atoms with Crippen molar-refractivity contribution in [3.63, 3.8) is 0 Å². The summed E-state index contributed by atoms with van der Waals surface area (Å²) in [5.74, 6) is -2.14. The van der Waals surface area contributed by atoms with Crippen molar-refractivity contribution in [2.24, 2.45) is 5.92 Å². The molecule has 184 valence electrons. The zero-order valence-electron chi connectivity index (χ0n) is 17.9. The van der Waals surface area contributed by atoms with Crippen molar-refractivity contribution in [3.8, 4) is 0 Å². The van der Waals surface area contributed by atoms with E-state index in [2.05, 4.69) is 20.6 Å². The molecule has 1 aromatic heterocycles. The average molecular weight is 603 g/mol. The van der Waals surface area contributed by atoms with Gasteiger partial charge in [0.25, 0.3) is 5.91 Å². The van der Waals surface area contributed by atoms with E-state index in [1.54, 1.807) is 42.5 Å². The molecule has 1 aliphatic rings. The first-order valence-corrected chi connectivity index (χ1v) is 12.7. The first-order valence-electron chi connectivity index (χ1n) is 10.4. The second kappa shape index (κ2) is 9.60. The van der Waals surface area contributed by atoms with Crippen LogP contribution >= 0.6 is 69.6 Å². The Balaban J connectivity index is 1.32. The van der Waals surface area contributed by atoms with Crippen LogP contribution in [0.4, 0.5) is 11.4 Å². The molecule has 3 aromatic carbocycles. The van der Waals surface area contributed by atoms with Crippen LogP contribution in [-0.4, -0.2) is 26.1 Å². The monoisotopic (exact) mass is 600 g/mol. The zero-order valence-corrected chi connectivity index (χ0v) is 22.4. The molecule has 0 radical (unpaired) electrons. The van der Waals surface area contributed by atoms with Gasteiger partial charge in [-0.3, -0.25) is 9.59 Å². The first-order chi connectivity index (χ1) is 17.0. The van der Waals surface area contributed by atoms with E-state index >= 15 is 0 Å².